The van der Waals surface area contributed by atoms with Gasteiger partial charge in [0, 0.05) is 5.02 Å². The maximum Gasteiger partial charge on any atom is 0.244 e. The molecule has 0 radical (unpaired) electrons. The molecule has 1 amide bonds. The molecule has 0 aliphatic rings. The predicted octanol–water partition coefficient (Wildman–Crippen LogP) is 6.06. The first kappa shape index (κ1) is 25.4. The standard InChI is InChI=1S/C26H26Cl2N2O4/c1-3-32-22-11-7-18(8-12-22)15-25(31)30-29-16-20-13-23(28)26(24(14-20)33-4-2)34-17-19-5-9-21(27)10-6-19/h5-14,16H,3-4,15,17H2,1-2H3,(H,30,31)/b29-16+. The van der Waals surface area contributed by atoms with Crippen LogP contribution >= 0.6 is 23.2 Å². The summed E-state index contributed by atoms with van der Waals surface area (Å²) in [5, 5.41) is 5.08. The predicted molar refractivity (Wildman–Crippen MR) is 135 cm³/mol. The summed E-state index contributed by atoms with van der Waals surface area (Å²) in [5.74, 6) is 1.47. The molecule has 3 rings (SSSR count). The first-order chi connectivity index (χ1) is 16.5. The Kier molecular flexibility index (Phi) is 9.62. The first-order valence-corrected chi connectivity index (χ1v) is 11.6. The summed E-state index contributed by atoms with van der Waals surface area (Å²) < 4.78 is 17.0. The van der Waals surface area contributed by atoms with Crippen molar-refractivity contribution in [1.29, 1.82) is 0 Å². The fraction of sp³-hybridized carbons (Fsp3) is 0.231. The van der Waals surface area contributed by atoms with E-state index in [1.165, 1.54) is 6.21 Å². The number of benzene rings is 3. The molecule has 0 unspecified atom stereocenters. The number of rotatable bonds is 11. The fourth-order valence-electron chi connectivity index (χ4n) is 3.08. The zero-order valence-corrected chi connectivity index (χ0v) is 20.5. The molecular formula is C26H26Cl2N2O4. The summed E-state index contributed by atoms with van der Waals surface area (Å²) >= 11 is 12.4. The summed E-state index contributed by atoms with van der Waals surface area (Å²) in [6.07, 6.45) is 1.71. The molecule has 0 aromatic heterocycles. The van der Waals surface area contributed by atoms with E-state index in [-0.39, 0.29) is 12.3 Å². The average molecular weight is 501 g/mol. The number of hydrogen-bond acceptors (Lipinski definition) is 5. The second-order valence-corrected chi connectivity index (χ2v) is 8.07. The summed E-state index contributed by atoms with van der Waals surface area (Å²) in [5.41, 5.74) is 5.00. The van der Waals surface area contributed by atoms with Gasteiger partial charge in [-0.15, -0.1) is 0 Å². The third-order valence-electron chi connectivity index (χ3n) is 4.63. The van der Waals surface area contributed by atoms with Crippen LogP contribution in [0.4, 0.5) is 0 Å². The molecule has 0 saturated carbocycles. The number of nitrogens with zero attached hydrogens (tertiary/aromatic N) is 1. The van der Waals surface area contributed by atoms with Crippen molar-refractivity contribution in [3.05, 3.63) is 87.4 Å². The normalized spacial score (nSPS) is 10.8. The molecule has 6 nitrogen and oxygen atoms in total. The van der Waals surface area contributed by atoms with Crippen LogP contribution in [0.15, 0.2) is 65.8 Å². The molecule has 0 atom stereocenters. The number of nitrogens with one attached hydrogen (secondary N) is 1. The summed E-state index contributed by atoms with van der Waals surface area (Å²) in [6.45, 7) is 5.14. The lowest BCUT2D eigenvalue weighted by atomic mass is 10.1. The minimum absolute atomic E-state index is 0.201. The molecule has 0 bridgehead atoms. The molecular weight excluding hydrogens is 475 g/mol. The van der Waals surface area contributed by atoms with Gasteiger partial charge < -0.3 is 14.2 Å². The van der Waals surface area contributed by atoms with Crippen molar-refractivity contribution in [1.82, 2.24) is 5.43 Å². The molecule has 3 aromatic carbocycles. The summed E-state index contributed by atoms with van der Waals surface area (Å²) in [6, 6.07) is 18.2. The van der Waals surface area contributed by atoms with E-state index in [2.05, 4.69) is 10.5 Å². The minimum atomic E-state index is -0.237. The highest BCUT2D eigenvalue weighted by Gasteiger charge is 2.13. The van der Waals surface area contributed by atoms with Crippen molar-refractivity contribution < 1.29 is 19.0 Å². The number of carbonyl (C=O) groups excluding carboxylic acids is 1. The number of carbonyl (C=O) groups is 1. The van der Waals surface area contributed by atoms with Crippen LogP contribution in [-0.2, 0) is 17.8 Å². The lowest BCUT2D eigenvalue weighted by Crippen LogP contribution is -2.19. The van der Waals surface area contributed by atoms with Crippen molar-refractivity contribution in [2.75, 3.05) is 13.2 Å². The lowest BCUT2D eigenvalue weighted by Gasteiger charge is -2.14. The Morgan fingerprint density at radius 3 is 2.26 bits per heavy atom. The van der Waals surface area contributed by atoms with Gasteiger partial charge in [0.15, 0.2) is 11.5 Å². The number of halogens is 2. The smallest absolute Gasteiger partial charge is 0.244 e. The quantitative estimate of drug-likeness (QED) is 0.256. The van der Waals surface area contributed by atoms with E-state index in [1.807, 2.05) is 50.2 Å². The number of amides is 1. The van der Waals surface area contributed by atoms with Gasteiger partial charge in [-0.3, -0.25) is 4.79 Å². The molecule has 0 fully saturated rings. The zero-order chi connectivity index (χ0) is 24.3. The Balaban J connectivity index is 1.62. The van der Waals surface area contributed by atoms with Gasteiger partial charge in [0.2, 0.25) is 5.91 Å². The molecule has 0 spiro atoms. The summed E-state index contributed by atoms with van der Waals surface area (Å²) in [7, 11) is 0. The molecule has 1 N–H and O–H groups in total. The van der Waals surface area contributed by atoms with Gasteiger partial charge in [-0.05, 0) is 66.9 Å². The Morgan fingerprint density at radius 2 is 1.59 bits per heavy atom. The van der Waals surface area contributed by atoms with Crippen LogP contribution in [0, 0.1) is 0 Å². The Labute approximate surface area is 209 Å². The molecule has 0 saturated heterocycles. The highest BCUT2D eigenvalue weighted by Crippen LogP contribution is 2.37. The van der Waals surface area contributed by atoms with E-state index in [0.717, 1.165) is 16.9 Å². The Hall–Kier alpha value is -3.22. The summed E-state index contributed by atoms with van der Waals surface area (Å²) in [4.78, 5) is 12.2. The minimum Gasteiger partial charge on any atom is -0.494 e. The SMILES string of the molecule is CCOc1ccc(CC(=O)N/N=C/c2cc(Cl)c(OCc3ccc(Cl)cc3)c(OCC)c2)cc1. The van der Waals surface area contributed by atoms with Crippen molar-refractivity contribution in [2.24, 2.45) is 5.10 Å². The van der Waals surface area contributed by atoms with E-state index in [4.69, 9.17) is 37.4 Å². The number of ether oxygens (including phenoxy) is 3. The molecule has 0 heterocycles. The zero-order valence-electron chi connectivity index (χ0n) is 19.0. The van der Waals surface area contributed by atoms with Crippen LogP contribution in [0.3, 0.4) is 0 Å². The van der Waals surface area contributed by atoms with Crippen molar-refractivity contribution in [3.63, 3.8) is 0 Å². The molecule has 3 aromatic rings. The highest BCUT2D eigenvalue weighted by atomic mass is 35.5. The van der Waals surface area contributed by atoms with E-state index < -0.39 is 0 Å². The van der Waals surface area contributed by atoms with Crippen LogP contribution in [0.1, 0.15) is 30.5 Å². The van der Waals surface area contributed by atoms with Gasteiger partial charge in [0.25, 0.3) is 0 Å². The van der Waals surface area contributed by atoms with E-state index in [1.54, 1.807) is 24.3 Å². The molecule has 0 aliphatic carbocycles. The van der Waals surface area contributed by atoms with Gasteiger partial charge in [-0.1, -0.05) is 47.5 Å². The van der Waals surface area contributed by atoms with Crippen LogP contribution in [0.25, 0.3) is 0 Å². The van der Waals surface area contributed by atoms with Crippen molar-refractivity contribution >= 4 is 35.3 Å². The Bertz CT molecular complexity index is 1120. The molecule has 0 aliphatic heterocycles. The van der Waals surface area contributed by atoms with Gasteiger partial charge in [0.05, 0.1) is 30.9 Å². The highest BCUT2D eigenvalue weighted by molar-refractivity contribution is 6.32. The maximum atomic E-state index is 12.2. The van der Waals surface area contributed by atoms with E-state index in [0.29, 0.717) is 46.9 Å². The van der Waals surface area contributed by atoms with Crippen LogP contribution in [0.2, 0.25) is 10.0 Å². The van der Waals surface area contributed by atoms with Gasteiger partial charge >= 0.3 is 0 Å². The number of hydrazone groups is 1. The van der Waals surface area contributed by atoms with Crippen molar-refractivity contribution in [3.8, 4) is 17.2 Å². The average Bonchev–Trinajstić information content (AvgIpc) is 2.81. The second-order valence-electron chi connectivity index (χ2n) is 7.23. The molecule has 8 heteroatoms. The van der Waals surface area contributed by atoms with E-state index >= 15 is 0 Å². The molecule has 34 heavy (non-hydrogen) atoms. The van der Waals surface area contributed by atoms with Crippen LogP contribution in [0.5, 0.6) is 17.2 Å². The monoisotopic (exact) mass is 500 g/mol. The molecule has 178 valence electrons. The van der Waals surface area contributed by atoms with Crippen LogP contribution < -0.4 is 19.6 Å². The fourth-order valence-corrected chi connectivity index (χ4v) is 3.48. The Morgan fingerprint density at radius 1 is 0.912 bits per heavy atom. The number of hydrogen-bond donors (Lipinski definition) is 1. The maximum absolute atomic E-state index is 12.2. The van der Waals surface area contributed by atoms with Crippen molar-refractivity contribution in [2.45, 2.75) is 26.9 Å². The first-order valence-electron chi connectivity index (χ1n) is 10.9. The van der Waals surface area contributed by atoms with Gasteiger partial charge in [0.1, 0.15) is 12.4 Å². The third kappa shape index (κ3) is 7.68. The lowest BCUT2D eigenvalue weighted by molar-refractivity contribution is -0.120. The van der Waals surface area contributed by atoms with Crippen LogP contribution in [-0.4, -0.2) is 25.3 Å². The second kappa shape index (κ2) is 12.9. The third-order valence-corrected chi connectivity index (χ3v) is 5.16. The van der Waals surface area contributed by atoms with Gasteiger partial charge in [-0.2, -0.15) is 5.10 Å². The van der Waals surface area contributed by atoms with E-state index in [9.17, 15) is 4.79 Å². The largest absolute Gasteiger partial charge is 0.494 e. The van der Waals surface area contributed by atoms with Gasteiger partial charge in [-0.25, -0.2) is 5.43 Å². The topological polar surface area (TPSA) is 69.2 Å².